The van der Waals surface area contributed by atoms with E-state index in [0.717, 1.165) is 4.88 Å². The molecular weight excluding hydrogens is 411 g/mol. The molecule has 2 aromatic rings. The van der Waals surface area contributed by atoms with Crippen LogP contribution in [0.4, 0.5) is 5.69 Å². The molecule has 2 amide bonds. The average molecular weight is 429 g/mol. The molecule has 0 aliphatic rings. The topological polar surface area (TPSA) is 84.5 Å². The van der Waals surface area contributed by atoms with Crippen LogP contribution in [0.2, 0.25) is 10.0 Å². The second kappa shape index (κ2) is 9.73. The van der Waals surface area contributed by atoms with Crippen LogP contribution in [-0.4, -0.2) is 23.9 Å². The summed E-state index contributed by atoms with van der Waals surface area (Å²) in [6, 6.07) is 7.95. The maximum atomic E-state index is 12.2. The maximum Gasteiger partial charge on any atom is 0.309 e. The number of nitrogens with one attached hydrogen (secondary N) is 2. The highest BCUT2D eigenvalue weighted by molar-refractivity contribution is 7.10. The lowest BCUT2D eigenvalue weighted by atomic mass is 10.1. The van der Waals surface area contributed by atoms with E-state index in [2.05, 4.69) is 10.6 Å². The highest BCUT2D eigenvalue weighted by atomic mass is 35.5. The van der Waals surface area contributed by atoms with Gasteiger partial charge in [-0.05, 0) is 30.5 Å². The number of hydrogen-bond donors (Lipinski definition) is 2. The summed E-state index contributed by atoms with van der Waals surface area (Å²) in [4.78, 5) is 36.7. The molecule has 0 spiro atoms. The number of anilines is 1. The summed E-state index contributed by atoms with van der Waals surface area (Å²) in [7, 11) is 0. The Balaban J connectivity index is 1.96. The molecule has 1 heterocycles. The van der Waals surface area contributed by atoms with Crippen LogP contribution in [0, 0.1) is 0 Å². The molecular formula is C18H18Cl2N2O4S. The number of esters is 1. The van der Waals surface area contributed by atoms with Gasteiger partial charge < -0.3 is 15.4 Å². The molecule has 2 atom stereocenters. The summed E-state index contributed by atoms with van der Waals surface area (Å²) in [5.74, 6) is -1.41. The monoisotopic (exact) mass is 428 g/mol. The molecule has 0 radical (unpaired) electrons. The van der Waals surface area contributed by atoms with Crippen LogP contribution in [0.1, 0.15) is 31.2 Å². The molecule has 1 aromatic carbocycles. The van der Waals surface area contributed by atoms with Gasteiger partial charge in [0.15, 0.2) is 6.10 Å². The fourth-order valence-corrected chi connectivity index (χ4v) is 3.38. The first kappa shape index (κ1) is 21.2. The highest BCUT2D eigenvalue weighted by Gasteiger charge is 2.23. The number of carbonyl (C=O) groups excluding carboxylic acids is 3. The Morgan fingerprint density at radius 1 is 1.19 bits per heavy atom. The van der Waals surface area contributed by atoms with Gasteiger partial charge in [0, 0.05) is 11.8 Å². The van der Waals surface area contributed by atoms with Crippen LogP contribution < -0.4 is 10.6 Å². The van der Waals surface area contributed by atoms with E-state index in [-0.39, 0.29) is 17.4 Å². The number of amides is 2. The Morgan fingerprint density at radius 2 is 1.93 bits per heavy atom. The molecule has 0 bridgehead atoms. The molecule has 0 aliphatic carbocycles. The molecule has 2 N–H and O–H groups in total. The van der Waals surface area contributed by atoms with Crippen molar-refractivity contribution < 1.29 is 19.1 Å². The SMILES string of the molecule is CC(=O)NC(CC(=O)OC(C)C(=O)Nc1cccc(Cl)c1Cl)c1cccs1. The van der Waals surface area contributed by atoms with Gasteiger partial charge in [-0.3, -0.25) is 14.4 Å². The zero-order valence-corrected chi connectivity index (χ0v) is 17.0. The van der Waals surface area contributed by atoms with Gasteiger partial charge in [-0.25, -0.2) is 0 Å². The summed E-state index contributed by atoms with van der Waals surface area (Å²) in [6.07, 6.45) is -1.14. The van der Waals surface area contributed by atoms with E-state index in [1.165, 1.54) is 25.2 Å². The quantitative estimate of drug-likeness (QED) is 0.647. The van der Waals surface area contributed by atoms with Crippen molar-refractivity contribution in [1.29, 1.82) is 0 Å². The van der Waals surface area contributed by atoms with Crippen molar-refractivity contribution in [3.05, 3.63) is 50.6 Å². The molecule has 27 heavy (non-hydrogen) atoms. The van der Waals surface area contributed by atoms with E-state index < -0.39 is 24.0 Å². The minimum Gasteiger partial charge on any atom is -0.452 e. The number of benzene rings is 1. The minimum atomic E-state index is -1.05. The Bertz CT molecular complexity index is 827. The van der Waals surface area contributed by atoms with Crippen LogP contribution in [0.5, 0.6) is 0 Å². The molecule has 0 aliphatic heterocycles. The van der Waals surface area contributed by atoms with Crippen molar-refractivity contribution >= 4 is 58.0 Å². The molecule has 0 saturated carbocycles. The lowest BCUT2D eigenvalue weighted by Gasteiger charge is -2.18. The fourth-order valence-electron chi connectivity index (χ4n) is 2.26. The summed E-state index contributed by atoms with van der Waals surface area (Å²) < 4.78 is 5.19. The van der Waals surface area contributed by atoms with Gasteiger partial charge in [0.2, 0.25) is 5.91 Å². The van der Waals surface area contributed by atoms with Gasteiger partial charge in [0.1, 0.15) is 0 Å². The van der Waals surface area contributed by atoms with Crippen LogP contribution in [-0.2, 0) is 19.1 Å². The number of hydrogen-bond acceptors (Lipinski definition) is 5. The predicted octanol–water partition coefficient (Wildman–Crippen LogP) is 4.19. The number of carbonyl (C=O) groups is 3. The van der Waals surface area contributed by atoms with Gasteiger partial charge in [-0.2, -0.15) is 0 Å². The van der Waals surface area contributed by atoms with Crippen LogP contribution >= 0.6 is 34.5 Å². The van der Waals surface area contributed by atoms with Crippen molar-refractivity contribution in [2.24, 2.45) is 0 Å². The average Bonchev–Trinajstić information content (AvgIpc) is 3.12. The summed E-state index contributed by atoms with van der Waals surface area (Å²) in [6.45, 7) is 2.82. The molecule has 0 fully saturated rings. The van der Waals surface area contributed by atoms with Crippen molar-refractivity contribution in [1.82, 2.24) is 5.32 Å². The van der Waals surface area contributed by atoms with Gasteiger partial charge in [-0.15, -0.1) is 11.3 Å². The third kappa shape index (κ3) is 6.23. The number of thiophene rings is 1. The van der Waals surface area contributed by atoms with E-state index in [9.17, 15) is 14.4 Å². The molecule has 0 saturated heterocycles. The Hall–Kier alpha value is -2.09. The van der Waals surface area contributed by atoms with Crippen molar-refractivity contribution in [2.45, 2.75) is 32.4 Å². The molecule has 1 aromatic heterocycles. The zero-order chi connectivity index (χ0) is 20.0. The van der Waals surface area contributed by atoms with Gasteiger partial charge in [-0.1, -0.05) is 35.3 Å². The molecule has 6 nitrogen and oxygen atoms in total. The normalized spacial score (nSPS) is 12.7. The van der Waals surface area contributed by atoms with Crippen molar-refractivity contribution in [2.75, 3.05) is 5.32 Å². The number of ether oxygens (including phenoxy) is 1. The van der Waals surface area contributed by atoms with Crippen LogP contribution in [0.25, 0.3) is 0 Å². The highest BCUT2D eigenvalue weighted by Crippen LogP contribution is 2.29. The van der Waals surface area contributed by atoms with Gasteiger partial charge >= 0.3 is 5.97 Å². The minimum absolute atomic E-state index is 0.0877. The first-order valence-electron chi connectivity index (χ1n) is 8.02. The second-order valence-electron chi connectivity index (χ2n) is 5.70. The summed E-state index contributed by atoms with van der Waals surface area (Å²) in [5, 5.41) is 7.63. The fraction of sp³-hybridized carbons (Fsp3) is 0.278. The number of halogens is 2. The van der Waals surface area contributed by atoms with Crippen LogP contribution in [0.15, 0.2) is 35.7 Å². The lowest BCUT2D eigenvalue weighted by Crippen LogP contribution is -2.32. The molecule has 2 unspecified atom stereocenters. The second-order valence-corrected chi connectivity index (χ2v) is 7.46. The molecule has 144 valence electrons. The first-order chi connectivity index (χ1) is 12.8. The standard InChI is InChI=1S/C18H18Cl2N2O4S/c1-10(18(25)22-13-6-3-5-12(19)17(13)20)26-16(24)9-14(21-11(2)23)15-7-4-8-27-15/h3-8,10,14H,9H2,1-2H3,(H,21,23)(H,22,25). The third-order valence-electron chi connectivity index (χ3n) is 3.52. The smallest absolute Gasteiger partial charge is 0.309 e. The Kier molecular flexibility index (Phi) is 7.65. The molecule has 2 rings (SSSR count). The predicted molar refractivity (Wildman–Crippen MR) is 106 cm³/mol. The number of rotatable bonds is 7. The van der Waals surface area contributed by atoms with E-state index in [1.54, 1.807) is 18.2 Å². The zero-order valence-electron chi connectivity index (χ0n) is 14.6. The van der Waals surface area contributed by atoms with Crippen molar-refractivity contribution in [3.8, 4) is 0 Å². The van der Waals surface area contributed by atoms with E-state index in [0.29, 0.717) is 10.7 Å². The van der Waals surface area contributed by atoms with E-state index in [4.69, 9.17) is 27.9 Å². The maximum absolute atomic E-state index is 12.2. The summed E-state index contributed by atoms with van der Waals surface area (Å²) >= 11 is 13.4. The first-order valence-corrected chi connectivity index (χ1v) is 9.66. The Labute approximate surface area is 170 Å². The van der Waals surface area contributed by atoms with E-state index in [1.807, 2.05) is 17.5 Å². The third-order valence-corrected chi connectivity index (χ3v) is 5.33. The van der Waals surface area contributed by atoms with Crippen molar-refractivity contribution in [3.63, 3.8) is 0 Å². The molecule has 9 heteroatoms. The summed E-state index contributed by atoms with van der Waals surface area (Å²) in [5.41, 5.74) is 0.326. The Morgan fingerprint density at radius 3 is 2.56 bits per heavy atom. The van der Waals surface area contributed by atoms with Gasteiger partial charge in [0.05, 0.1) is 28.2 Å². The lowest BCUT2D eigenvalue weighted by molar-refractivity contribution is -0.153. The van der Waals surface area contributed by atoms with Gasteiger partial charge in [0.25, 0.3) is 5.91 Å². The largest absolute Gasteiger partial charge is 0.452 e. The van der Waals surface area contributed by atoms with E-state index >= 15 is 0 Å². The van der Waals surface area contributed by atoms with Crippen LogP contribution in [0.3, 0.4) is 0 Å².